The molecular weight excluding hydrogens is 241 g/mol. The number of hydrogen-bond donors (Lipinski definition) is 1. The summed E-state index contributed by atoms with van der Waals surface area (Å²) in [5, 5.41) is 3.34. The van der Waals surface area contributed by atoms with E-state index in [1.807, 2.05) is 31.2 Å². The Morgan fingerprint density at radius 3 is 2.74 bits per heavy atom. The fraction of sp³-hybridized carbons (Fsp3) is 0.250. The van der Waals surface area contributed by atoms with Crippen LogP contribution in [0.5, 0.6) is 0 Å². The van der Waals surface area contributed by atoms with Crippen LogP contribution in [0.1, 0.15) is 16.7 Å². The van der Waals surface area contributed by atoms with Crippen LogP contribution in [0.25, 0.3) is 0 Å². The first-order chi connectivity index (χ1) is 9.19. The van der Waals surface area contributed by atoms with E-state index in [0.29, 0.717) is 13.2 Å². The van der Waals surface area contributed by atoms with E-state index in [-0.39, 0.29) is 5.82 Å². The summed E-state index contributed by atoms with van der Waals surface area (Å²) in [5.74, 6) is -0.191. The Balaban J connectivity index is 2.03. The summed E-state index contributed by atoms with van der Waals surface area (Å²) in [4.78, 5) is 0. The van der Waals surface area contributed by atoms with Crippen LogP contribution >= 0.6 is 0 Å². The highest BCUT2D eigenvalue weighted by Crippen LogP contribution is 2.15. The summed E-state index contributed by atoms with van der Waals surface area (Å²) in [6.07, 6.45) is 0. The monoisotopic (exact) mass is 259 g/mol. The molecule has 0 fully saturated rings. The van der Waals surface area contributed by atoms with Crippen molar-refractivity contribution < 1.29 is 9.13 Å². The summed E-state index contributed by atoms with van der Waals surface area (Å²) in [6, 6.07) is 13.0. The number of nitrogens with one attached hydrogen (secondary N) is 1. The topological polar surface area (TPSA) is 21.3 Å². The number of hydrogen-bond acceptors (Lipinski definition) is 2. The zero-order valence-electron chi connectivity index (χ0n) is 11.2. The molecule has 0 aromatic heterocycles. The Hall–Kier alpha value is -1.87. The smallest absolute Gasteiger partial charge is 0.123 e. The predicted molar refractivity (Wildman–Crippen MR) is 75.6 cm³/mol. The van der Waals surface area contributed by atoms with Gasteiger partial charge in [-0.25, -0.2) is 4.39 Å². The second-order valence-electron chi connectivity index (χ2n) is 4.56. The number of aryl methyl sites for hydroxylation is 1. The lowest BCUT2D eigenvalue weighted by molar-refractivity contribution is 0.185. The molecule has 3 heteroatoms. The van der Waals surface area contributed by atoms with Crippen molar-refractivity contribution in [3.8, 4) is 0 Å². The van der Waals surface area contributed by atoms with Crippen LogP contribution in [0.4, 0.5) is 10.1 Å². The first-order valence-corrected chi connectivity index (χ1v) is 6.26. The summed E-state index contributed by atoms with van der Waals surface area (Å²) in [7, 11) is 1.68. The first kappa shape index (κ1) is 13.6. The lowest BCUT2D eigenvalue weighted by Gasteiger charge is -2.10. The highest BCUT2D eigenvalue weighted by atomic mass is 19.1. The minimum absolute atomic E-state index is 0.191. The number of anilines is 1. The lowest BCUT2D eigenvalue weighted by atomic mass is 10.1. The van der Waals surface area contributed by atoms with E-state index in [4.69, 9.17) is 4.74 Å². The van der Waals surface area contributed by atoms with Crippen molar-refractivity contribution in [1.82, 2.24) is 0 Å². The lowest BCUT2D eigenvalue weighted by Crippen LogP contribution is -2.02. The quantitative estimate of drug-likeness (QED) is 0.879. The van der Waals surface area contributed by atoms with Crippen molar-refractivity contribution in [2.24, 2.45) is 0 Å². The number of methoxy groups -OCH3 is 1. The molecular formula is C16H18FNO. The molecule has 0 bridgehead atoms. The molecule has 100 valence electrons. The highest BCUT2D eigenvalue weighted by molar-refractivity contribution is 5.46. The number of ether oxygens (including phenoxy) is 1. The third kappa shape index (κ3) is 3.80. The molecule has 2 nitrogen and oxygen atoms in total. The van der Waals surface area contributed by atoms with Gasteiger partial charge in [0.15, 0.2) is 0 Å². The molecule has 0 aliphatic rings. The van der Waals surface area contributed by atoms with Gasteiger partial charge in [-0.1, -0.05) is 18.2 Å². The van der Waals surface area contributed by atoms with E-state index in [1.165, 1.54) is 6.07 Å². The molecule has 2 rings (SSSR count). The Labute approximate surface area is 113 Å². The maximum Gasteiger partial charge on any atom is 0.123 e. The van der Waals surface area contributed by atoms with Crippen LogP contribution in [0, 0.1) is 12.7 Å². The third-order valence-electron chi connectivity index (χ3n) is 3.03. The number of halogens is 1. The van der Waals surface area contributed by atoms with Crippen molar-refractivity contribution in [3.05, 3.63) is 65.0 Å². The summed E-state index contributed by atoms with van der Waals surface area (Å²) in [5.41, 5.74) is 4.22. The van der Waals surface area contributed by atoms with E-state index in [0.717, 1.165) is 22.4 Å². The standard InChI is InChI=1S/C16H18FNO/c1-12-8-15(17)7-6-14(12)10-18-16-5-3-4-13(9-16)11-19-2/h3-9,18H,10-11H2,1-2H3. The van der Waals surface area contributed by atoms with E-state index in [1.54, 1.807) is 13.2 Å². The number of rotatable bonds is 5. The predicted octanol–water partition coefficient (Wildman–Crippen LogP) is 3.89. The van der Waals surface area contributed by atoms with Gasteiger partial charge in [0.05, 0.1) is 6.61 Å². The Kier molecular flexibility index (Phi) is 4.53. The van der Waals surface area contributed by atoms with Gasteiger partial charge in [-0.05, 0) is 47.9 Å². The highest BCUT2D eigenvalue weighted by Gasteiger charge is 2.01. The fourth-order valence-electron chi connectivity index (χ4n) is 1.99. The van der Waals surface area contributed by atoms with Gasteiger partial charge in [0.1, 0.15) is 5.82 Å². The Morgan fingerprint density at radius 2 is 2.00 bits per heavy atom. The molecule has 0 saturated carbocycles. The molecule has 1 N–H and O–H groups in total. The maximum atomic E-state index is 13.0. The van der Waals surface area contributed by atoms with Crippen LogP contribution in [0.15, 0.2) is 42.5 Å². The Morgan fingerprint density at radius 1 is 1.16 bits per heavy atom. The second kappa shape index (κ2) is 6.34. The van der Waals surface area contributed by atoms with Gasteiger partial charge >= 0.3 is 0 Å². The van der Waals surface area contributed by atoms with Crippen LogP contribution in [0.2, 0.25) is 0 Å². The molecule has 0 spiro atoms. The van der Waals surface area contributed by atoms with Crippen molar-refractivity contribution in [2.45, 2.75) is 20.1 Å². The van der Waals surface area contributed by atoms with E-state index >= 15 is 0 Å². The van der Waals surface area contributed by atoms with E-state index in [2.05, 4.69) is 11.4 Å². The van der Waals surface area contributed by atoms with Gasteiger partial charge in [-0.2, -0.15) is 0 Å². The van der Waals surface area contributed by atoms with Crippen LogP contribution in [0.3, 0.4) is 0 Å². The van der Waals surface area contributed by atoms with Crippen LogP contribution in [-0.4, -0.2) is 7.11 Å². The average Bonchev–Trinajstić information content (AvgIpc) is 2.38. The van der Waals surface area contributed by atoms with Gasteiger partial charge in [-0.15, -0.1) is 0 Å². The fourth-order valence-corrected chi connectivity index (χ4v) is 1.99. The molecule has 2 aromatic rings. The average molecular weight is 259 g/mol. The van der Waals surface area contributed by atoms with Crippen molar-refractivity contribution in [3.63, 3.8) is 0 Å². The maximum absolute atomic E-state index is 13.0. The van der Waals surface area contributed by atoms with Crippen molar-refractivity contribution in [2.75, 3.05) is 12.4 Å². The van der Waals surface area contributed by atoms with Gasteiger partial charge < -0.3 is 10.1 Å². The molecule has 0 aliphatic carbocycles. The minimum atomic E-state index is -0.191. The SMILES string of the molecule is COCc1cccc(NCc2ccc(F)cc2C)c1. The van der Waals surface area contributed by atoms with Gasteiger partial charge in [0, 0.05) is 19.3 Å². The Bertz CT molecular complexity index is 554. The zero-order chi connectivity index (χ0) is 13.7. The number of benzene rings is 2. The van der Waals surface area contributed by atoms with Gasteiger partial charge in [0.25, 0.3) is 0 Å². The van der Waals surface area contributed by atoms with E-state index in [9.17, 15) is 4.39 Å². The van der Waals surface area contributed by atoms with Gasteiger partial charge in [0.2, 0.25) is 0 Å². The molecule has 0 heterocycles. The van der Waals surface area contributed by atoms with Gasteiger partial charge in [-0.3, -0.25) is 0 Å². The largest absolute Gasteiger partial charge is 0.381 e. The zero-order valence-corrected chi connectivity index (χ0v) is 11.2. The molecule has 2 aromatic carbocycles. The van der Waals surface area contributed by atoms with Crippen molar-refractivity contribution in [1.29, 1.82) is 0 Å². The van der Waals surface area contributed by atoms with Crippen LogP contribution in [-0.2, 0) is 17.9 Å². The molecule has 19 heavy (non-hydrogen) atoms. The normalized spacial score (nSPS) is 10.5. The summed E-state index contributed by atoms with van der Waals surface area (Å²) < 4.78 is 18.1. The summed E-state index contributed by atoms with van der Waals surface area (Å²) in [6.45, 7) is 3.20. The molecule has 0 saturated heterocycles. The molecule has 0 unspecified atom stereocenters. The molecule has 0 atom stereocenters. The third-order valence-corrected chi connectivity index (χ3v) is 3.03. The van der Waals surface area contributed by atoms with Crippen LogP contribution < -0.4 is 5.32 Å². The summed E-state index contributed by atoms with van der Waals surface area (Å²) >= 11 is 0. The van der Waals surface area contributed by atoms with E-state index < -0.39 is 0 Å². The van der Waals surface area contributed by atoms with Crippen molar-refractivity contribution >= 4 is 5.69 Å². The first-order valence-electron chi connectivity index (χ1n) is 6.26. The molecule has 0 radical (unpaired) electrons. The minimum Gasteiger partial charge on any atom is -0.381 e. The molecule has 0 aliphatic heterocycles. The molecule has 0 amide bonds. The second-order valence-corrected chi connectivity index (χ2v) is 4.56.